The lowest BCUT2D eigenvalue weighted by Crippen LogP contribution is -2.37. The predicted octanol–water partition coefficient (Wildman–Crippen LogP) is 2.36. The fourth-order valence-electron chi connectivity index (χ4n) is 2.68. The molecule has 0 saturated carbocycles. The first-order valence-electron chi connectivity index (χ1n) is 6.39. The van der Waals surface area contributed by atoms with Gasteiger partial charge in [-0.05, 0) is 23.5 Å². The molecule has 92 valence electrons. The van der Waals surface area contributed by atoms with Crippen LogP contribution >= 0.6 is 0 Å². The summed E-state index contributed by atoms with van der Waals surface area (Å²) in [7, 11) is 0. The molecule has 2 aliphatic heterocycles. The van der Waals surface area contributed by atoms with Crippen molar-refractivity contribution in [3.05, 3.63) is 23.9 Å². The Morgan fingerprint density at radius 3 is 2.65 bits per heavy atom. The van der Waals surface area contributed by atoms with Crippen molar-refractivity contribution < 1.29 is 4.74 Å². The highest BCUT2D eigenvalue weighted by molar-refractivity contribution is 5.44. The van der Waals surface area contributed by atoms with Crippen molar-refractivity contribution in [2.24, 2.45) is 0 Å². The van der Waals surface area contributed by atoms with Crippen molar-refractivity contribution in [3.8, 4) is 0 Å². The third kappa shape index (κ3) is 1.93. The molecule has 0 spiro atoms. The molecule has 0 amide bonds. The average Bonchev–Trinajstić information content (AvgIpc) is 2.89. The van der Waals surface area contributed by atoms with Gasteiger partial charge in [-0.2, -0.15) is 0 Å². The number of anilines is 1. The highest BCUT2D eigenvalue weighted by Crippen LogP contribution is 2.32. The van der Waals surface area contributed by atoms with Crippen LogP contribution in [0.5, 0.6) is 0 Å². The summed E-state index contributed by atoms with van der Waals surface area (Å²) in [6.45, 7) is 8.53. The molecule has 2 fully saturated rings. The van der Waals surface area contributed by atoms with Crippen LogP contribution in [-0.4, -0.2) is 30.3 Å². The maximum Gasteiger partial charge on any atom is 0.128 e. The van der Waals surface area contributed by atoms with E-state index in [0.717, 1.165) is 19.0 Å². The van der Waals surface area contributed by atoms with E-state index in [1.54, 1.807) is 0 Å². The number of aromatic nitrogens is 1. The Labute approximate surface area is 103 Å². The Kier molecular flexibility index (Phi) is 2.40. The number of pyridine rings is 1. The quantitative estimate of drug-likeness (QED) is 0.743. The van der Waals surface area contributed by atoms with Crippen molar-refractivity contribution in [3.63, 3.8) is 0 Å². The third-order valence-corrected chi connectivity index (χ3v) is 3.81. The van der Waals surface area contributed by atoms with Crippen LogP contribution in [0.2, 0.25) is 0 Å². The molecule has 2 aliphatic rings. The van der Waals surface area contributed by atoms with Crippen molar-refractivity contribution in [2.75, 3.05) is 18.1 Å². The van der Waals surface area contributed by atoms with Crippen LogP contribution in [0.3, 0.4) is 0 Å². The molecule has 0 radical (unpaired) electrons. The van der Waals surface area contributed by atoms with E-state index in [9.17, 15) is 0 Å². The molecule has 0 aliphatic carbocycles. The van der Waals surface area contributed by atoms with Gasteiger partial charge in [0.2, 0.25) is 0 Å². The Morgan fingerprint density at radius 1 is 1.35 bits per heavy atom. The first kappa shape index (κ1) is 11.0. The molecule has 2 bridgehead atoms. The lowest BCUT2D eigenvalue weighted by Gasteiger charge is -2.28. The second-order valence-electron chi connectivity index (χ2n) is 6.15. The molecule has 3 heterocycles. The molecule has 3 rings (SSSR count). The summed E-state index contributed by atoms with van der Waals surface area (Å²) in [4.78, 5) is 7.01. The smallest absolute Gasteiger partial charge is 0.128 e. The standard InChI is InChI=1S/C14H20N2O/c1-14(2,3)10-4-5-13(15-7-10)16-8-12-6-11(16)9-17-12/h4-5,7,11-12H,6,8-9H2,1-3H3/t11-,12-/m0/s1. The molecule has 0 unspecified atom stereocenters. The molecule has 3 nitrogen and oxygen atoms in total. The molecule has 0 aromatic carbocycles. The van der Waals surface area contributed by atoms with Crippen LogP contribution in [0.15, 0.2) is 18.3 Å². The first-order valence-corrected chi connectivity index (χ1v) is 6.39. The fraction of sp³-hybridized carbons (Fsp3) is 0.643. The fourth-order valence-corrected chi connectivity index (χ4v) is 2.68. The summed E-state index contributed by atoms with van der Waals surface area (Å²) in [6, 6.07) is 4.91. The topological polar surface area (TPSA) is 25.4 Å². The van der Waals surface area contributed by atoms with Gasteiger partial charge in [-0.25, -0.2) is 4.98 Å². The van der Waals surface area contributed by atoms with E-state index < -0.39 is 0 Å². The van der Waals surface area contributed by atoms with Gasteiger partial charge in [-0.3, -0.25) is 0 Å². The number of rotatable bonds is 1. The molecular weight excluding hydrogens is 212 g/mol. The number of fused-ring (bicyclic) bond motifs is 2. The SMILES string of the molecule is CC(C)(C)c1ccc(N2C[C@@H]3C[C@H]2CO3)nc1. The summed E-state index contributed by atoms with van der Waals surface area (Å²) in [6.07, 6.45) is 3.62. The second-order valence-corrected chi connectivity index (χ2v) is 6.15. The first-order chi connectivity index (χ1) is 8.04. The van der Waals surface area contributed by atoms with Crippen LogP contribution in [0.4, 0.5) is 5.82 Å². The van der Waals surface area contributed by atoms with Gasteiger partial charge in [0.15, 0.2) is 0 Å². The largest absolute Gasteiger partial charge is 0.374 e. The van der Waals surface area contributed by atoms with Crippen molar-refractivity contribution in [1.82, 2.24) is 4.98 Å². The zero-order valence-electron chi connectivity index (χ0n) is 10.8. The van der Waals surface area contributed by atoms with Crippen molar-refractivity contribution in [2.45, 2.75) is 44.8 Å². The minimum absolute atomic E-state index is 0.179. The maximum absolute atomic E-state index is 5.61. The van der Waals surface area contributed by atoms with E-state index >= 15 is 0 Å². The molecule has 2 saturated heterocycles. The molecule has 3 heteroatoms. The van der Waals surface area contributed by atoms with Crippen LogP contribution in [-0.2, 0) is 10.2 Å². The summed E-state index contributed by atoms with van der Waals surface area (Å²) < 4.78 is 5.61. The van der Waals surface area contributed by atoms with E-state index in [-0.39, 0.29) is 5.41 Å². The Bertz CT molecular complexity index is 407. The normalized spacial score (nSPS) is 27.8. The highest BCUT2D eigenvalue weighted by Gasteiger charge is 2.39. The number of hydrogen-bond donors (Lipinski definition) is 0. The Morgan fingerprint density at radius 2 is 2.18 bits per heavy atom. The van der Waals surface area contributed by atoms with Gasteiger partial charge in [0.1, 0.15) is 5.82 Å². The van der Waals surface area contributed by atoms with E-state index in [1.807, 2.05) is 6.20 Å². The van der Waals surface area contributed by atoms with Gasteiger partial charge in [0, 0.05) is 12.7 Å². The third-order valence-electron chi connectivity index (χ3n) is 3.81. The molecule has 17 heavy (non-hydrogen) atoms. The van der Waals surface area contributed by atoms with Gasteiger partial charge >= 0.3 is 0 Å². The molecule has 2 atom stereocenters. The van der Waals surface area contributed by atoms with Gasteiger partial charge in [0.05, 0.1) is 18.8 Å². The Balaban J connectivity index is 1.81. The lowest BCUT2D eigenvalue weighted by molar-refractivity contribution is 0.0989. The summed E-state index contributed by atoms with van der Waals surface area (Å²) in [5.41, 5.74) is 1.47. The molecular formula is C14H20N2O. The maximum atomic E-state index is 5.61. The summed E-state index contributed by atoms with van der Waals surface area (Å²) in [5, 5.41) is 0. The number of hydrogen-bond acceptors (Lipinski definition) is 3. The van der Waals surface area contributed by atoms with E-state index in [0.29, 0.717) is 12.1 Å². The van der Waals surface area contributed by atoms with Crippen LogP contribution in [0.25, 0.3) is 0 Å². The van der Waals surface area contributed by atoms with Crippen LogP contribution < -0.4 is 4.90 Å². The molecule has 1 aromatic rings. The Hall–Kier alpha value is -1.09. The van der Waals surface area contributed by atoms with Crippen molar-refractivity contribution in [1.29, 1.82) is 0 Å². The lowest BCUT2D eigenvalue weighted by atomic mass is 9.88. The summed E-state index contributed by atoms with van der Waals surface area (Å²) >= 11 is 0. The van der Waals surface area contributed by atoms with Gasteiger partial charge in [-0.1, -0.05) is 26.8 Å². The van der Waals surface area contributed by atoms with Crippen molar-refractivity contribution >= 4 is 5.82 Å². The zero-order chi connectivity index (χ0) is 12.0. The van der Waals surface area contributed by atoms with E-state index in [4.69, 9.17) is 4.74 Å². The number of nitrogens with zero attached hydrogens (tertiary/aromatic N) is 2. The van der Waals surface area contributed by atoms with Gasteiger partial charge in [0.25, 0.3) is 0 Å². The minimum Gasteiger partial charge on any atom is -0.374 e. The number of ether oxygens (including phenoxy) is 1. The number of morpholine rings is 1. The van der Waals surface area contributed by atoms with Crippen LogP contribution in [0.1, 0.15) is 32.8 Å². The zero-order valence-corrected chi connectivity index (χ0v) is 10.8. The highest BCUT2D eigenvalue weighted by atomic mass is 16.5. The monoisotopic (exact) mass is 232 g/mol. The summed E-state index contributed by atoms with van der Waals surface area (Å²) in [5.74, 6) is 1.11. The molecule has 0 N–H and O–H groups in total. The minimum atomic E-state index is 0.179. The van der Waals surface area contributed by atoms with E-state index in [2.05, 4.69) is 42.8 Å². The van der Waals surface area contributed by atoms with Crippen LogP contribution in [0, 0.1) is 0 Å². The second kappa shape index (κ2) is 3.70. The van der Waals surface area contributed by atoms with Gasteiger partial charge in [-0.15, -0.1) is 0 Å². The predicted molar refractivity (Wildman–Crippen MR) is 68.4 cm³/mol. The van der Waals surface area contributed by atoms with Gasteiger partial charge < -0.3 is 9.64 Å². The molecule has 1 aromatic heterocycles. The van der Waals surface area contributed by atoms with E-state index in [1.165, 1.54) is 12.0 Å². The average molecular weight is 232 g/mol.